The van der Waals surface area contributed by atoms with E-state index in [0.717, 1.165) is 12.2 Å². The fourth-order valence-corrected chi connectivity index (χ4v) is 0.425. The summed E-state index contributed by atoms with van der Waals surface area (Å²) in [5, 5.41) is 8.06. The second kappa shape index (κ2) is 4.93. The molecule has 1 N–H and O–H groups in total. The van der Waals surface area contributed by atoms with E-state index in [0.29, 0.717) is 0 Å². The molecule has 0 heterocycles. The normalized spacial score (nSPS) is 9.64. The third-order valence-electron chi connectivity index (χ3n) is 0.681. The molecule has 0 aromatic carbocycles. The summed E-state index contributed by atoms with van der Waals surface area (Å²) in [5.41, 5.74) is 0. The topological polar surface area (TPSA) is 54.4 Å². The van der Waals surface area contributed by atoms with Gasteiger partial charge in [-0.15, -0.1) is 0 Å². The van der Waals surface area contributed by atoms with Crippen LogP contribution in [-0.2, 0) is 9.59 Å². The van der Waals surface area contributed by atoms with Crippen molar-refractivity contribution in [3.8, 4) is 0 Å². The van der Waals surface area contributed by atoms with E-state index in [9.17, 15) is 9.59 Å². The third kappa shape index (κ3) is 5.63. The summed E-state index contributed by atoms with van der Waals surface area (Å²) < 4.78 is -0.0422. The molecule has 5 heteroatoms. The Morgan fingerprint density at radius 2 is 1.82 bits per heavy atom. The van der Waals surface area contributed by atoms with E-state index < -0.39 is 11.8 Å². The largest absolute Gasteiger partial charge is 0.475 e. The summed E-state index contributed by atoms with van der Waals surface area (Å²) in [4.78, 5) is 20.2. The van der Waals surface area contributed by atoms with Gasteiger partial charge in [-0.05, 0) is 12.2 Å². The second-order valence-corrected chi connectivity index (χ2v) is 2.49. The molecule has 0 atom stereocenters. The van der Waals surface area contributed by atoms with Crippen LogP contribution in [-0.4, -0.2) is 16.9 Å². The van der Waals surface area contributed by atoms with Crippen LogP contribution in [0.1, 0.15) is 0 Å². The highest BCUT2D eigenvalue weighted by atomic mass is 35.5. The Morgan fingerprint density at radius 1 is 1.27 bits per heavy atom. The molecule has 3 nitrogen and oxygen atoms in total. The average molecular weight is 195 g/mol. The number of aliphatic carboxylic acids is 1. The maximum absolute atomic E-state index is 10.3. The Kier molecular flexibility index (Phi) is 4.57. The first-order valence-corrected chi connectivity index (χ1v) is 3.26. The van der Waals surface area contributed by atoms with Crippen molar-refractivity contribution in [2.45, 2.75) is 0 Å². The third-order valence-corrected chi connectivity index (χ3v) is 0.933. The number of ketones is 1. The van der Waals surface area contributed by atoms with Crippen molar-refractivity contribution in [2.24, 2.45) is 0 Å². The lowest BCUT2D eigenvalue weighted by Gasteiger charge is -1.80. The summed E-state index contributed by atoms with van der Waals surface area (Å²) in [5.74, 6) is -2.53. The smallest absolute Gasteiger partial charge is 0.376 e. The number of hydrogen-bond donors (Lipinski definition) is 1. The fraction of sp³-hybridized carbons (Fsp3) is 0. The molecule has 11 heavy (non-hydrogen) atoms. The zero-order chi connectivity index (χ0) is 8.85. The van der Waals surface area contributed by atoms with Crippen LogP contribution in [0.3, 0.4) is 0 Å². The number of carboxylic acid groups (broad SMARTS) is 1. The monoisotopic (exact) mass is 194 g/mol. The molecule has 0 aliphatic heterocycles. The van der Waals surface area contributed by atoms with Gasteiger partial charge in [0.2, 0.25) is 0 Å². The standard InChI is InChI=1S/C6H4Cl2O3/c7-5(8)3-1-2-4(9)6(10)11/h1-3H,(H,10,11). The Labute approximate surface area is 72.9 Å². The lowest BCUT2D eigenvalue weighted by Crippen LogP contribution is -2.08. The Hall–Kier alpha value is -0.800. The second-order valence-electron chi connectivity index (χ2n) is 1.48. The Balaban J connectivity index is 4.05. The van der Waals surface area contributed by atoms with Crippen LogP contribution in [0.25, 0.3) is 0 Å². The number of halogens is 2. The van der Waals surface area contributed by atoms with Crippen LogP contribution in [0.2, 0.25) is 0 Å². The molecule has 0 unspecified atom stereocenters. The molecule has 0 bridgehead atoms. The van der Waals surface area contributed by atoms with Crippen molar-refractivity contribution in [2.75, 3.05) is 0 Å². The quantitative estimate of drug-likeness (QED) is 0.421. The predicted molar refractivity (Wildman–Crippen MR) is 41.6 cm³/mol. The van der Waals surface area contributed by atoms with Crippen molar-refractivity contribution in [1.29, 1.82) is 0 Å². The molecule has 0 fully saturated rings. The minimum absolute atomic E-state index is 0.0422. The molecule has 0 rings (SSSR count). The Bertz CT molecular complexity index is 226. The molecule has 0 spiro atoms. The van der Waals surface area contributed by atoms with E-state index in [1.54, 1.807) is 0 Å². The molecule has 0 radical (unpaired) electrons. The SMILES string of the molecule is O=C(O)C(=O)C=CC=C(Cl)Cl. The zero-order valence-corrected chi connectivity index (χ0v) is 6.76. The zero-order valence-electron chi connectivity index (χ0n) is 5.25. The van der Waals surface area contributed by atoms with Gasteiger partial charge in [0.15, 0.2) is 0 Å². The van der Waals surface area contributed by atoms with E-state index in [1.807, 2.05) is 0 Å². The van der Waals surface area contributed by atoms with E-state index in [2.05, 4.69) is 0 Å². The van der Waals surface area contributed by atoms with Crippen molar-refractivity contribution in [3.05, 3.63) is 22.7 Å². The van der Waals surface area contributed by atoms with Gasteiger partial charge in [0, 0.05) is 0 Å². The van der Waals surface area contributed by atoms with Gasteiger partial charge >= 0.3 is 5.97 Å². The van der Waals surface area contributed by atoms with Gasteiger partial charge in [0.25, 0.3) is 5.78 Å². The number of carbonyl (C=O) groups is 2. The van der Waals surface area contributed by atoms with Gasteiger partial charge in [-0.25, -0.2) is 4.79 Å². The van der Waals surface area contributed by atoms with Crippen LogP contribution in [0.5, 0.6) is 0 Å². The number of rotatable bonds is 3. The molecular weight excluding hydrogens is 191 g/mol. The molecule has 60 valence electrons. The lowest BCUT2D eigenvalue weighted by atomic mass is 10.3. The molecule has 0 saturated carbocycles. The lowest BCUT2D eigenvalue weighted by molar-refractivity contribution is -0.146. The van der Waals surface area contributed by atoms with Crippen molar-refractivity contribution >= 4 is 35.0 Å². The molecule has 0 saturated heterocycles. The van der Waals surface area contributed by atoms with Gasteiger partial charge < -0.3 is 5.11 Å². The Morgan fingerprint density at radius 3 is 2.18 bits per heavy atom. The maximum atomic E-state index is 10.3. The number of carboxylic acids is 1. The van der Waals surface area contributed by atoms with Crippen molar-refractivity contribution in [3.63, 3.8) is 0 Å². The highest BCUT2D eigenvalue weighted by Crippen LogP contribution is 2.05. The summed E-state index contributed by atoms with van der Waals surface area (Å²) >= 11 is 10.3. The van der Waals surface area contributed by atoms with Gasteiger partial charge in [-0.1, -0.05) is 29.3 Å². The minimum Gasteiger partial charge on any atom is -0.475 e. The van der Waals surface area contributed by atoms with E-state index in [4.69, 9.17) is 28.3 Å². The van der Waals surface area contributed by atoms with E-state index in [1.165, 1.54) is 6.08 Å². The van der Waals surface area contributed by atoms with Crippen LogP contribution in [0.4, 0.5) is 0 Å². The minimum atomic E-state index is -1.51. The van der Waals surface area contributed by atoms with Crippen LogP contribution in [0.15, 0.2) is 22.7 Å². The van der Waals surface area contributed by atoms with Crippen LogP contribution in [0, 0.1) is 0 Å². The van der Waals surface area contributed by atoms with Gasteiger partial charge in [0.1, 0.15) is 4.49 Å². The van der Waals surface area contributed by atoms with Gasteiger partial charge in [0.05, 0.1) is 0 Å². The molecular formula is C6H4Cl2O3. The molecule has 0 amide bonds. The summed E-state index contributed by atoms with van der Waals surface area (Å²) in [6.45, 7) is 0. The first kappa shape index (κ1) is 10.2. The number of carbonyl (C=O) groups excluding carboxylic acids is 1. The maximum Gasteiger partial charge on any atom is 0.376 e. The van der Waals surface area contributed by atoms with Gasteiger partial charge in [-0.3, -0.25) is 4.79 Å². The first-order chi connectivity index (χ1) is 5.04. The number of hydrogen-bond acceptors (Lipinski definition) is 2. The van der Waals surface area contributed by atoms with Crippen molar-refractivity contribution < 1.29 is 14.7 Å². The van der Waals surface area contributed by atoms with Gasteiger partial charge in [-0.2, -0.15) is 0 Å². The predicted octanol–water partition coefficient (Wildman–Crippen LogP) is 1.52. The molecule has 0 aliphatic rings. The number of allylic oxidation sites excluding steroid dienone is 2. The van der Waals surface area contributed by atoms with Crippen molar-refractivity contribution in [1.82, 2.24) is 0 Å². The highest BCUT2D eigenvalue weighted by Gasteiger charge is 2.04. The average Bonchev–Trinajstić information content (AvgIpc) is 1.86. The van der Waals surface area contributed by atoms with Crippen LogP contribution >= 0.6 is 23.2 Å². The van der Waals surface area contributed by atoms with Crippen LogP contribution < -0.4 is 0 Å². The first-order valence-electron chi connectivity index (χ1n) is 2.50. The summed E-state index contributed by atoms with van der Waals surface area (Å²) in [7, 11) is 0. The molecule has 0 aromatic rings. The van der Waals surface area contributed by atoms with E-state index in [-0.39, 0.29) is 4.49 Å². The fourth-order valence-electron chi connectivity index (χ4n) is 0.280. The molecule has 0 aliphatic carbocycles. The molecule has 0 aromatic heterocycles. The van der Waals surface area contributed by atoms with E-state index >= 15 is 0 Å². The summed E-state index contributed by atoms with van der Waals surface area (Å²) in [6.07, 6.45) is 3.21. The highest BCUT2D eigenvalue weighted by molar-refractivity contribution is 6.56. The summed E-state index contributed by atoms with van der Waals surface area (Å²) in [6, 6.07) is 0.